The van der Waals surface area contributed by atoms with Crippen LogP contribution in [-0.2, 0) is 6.42 Å². The van der Waals surface area contributed by atoms with Crippen LogP contribution >= 0.6 is 11.3 Å². The molecule has 0 spiro atoms. The van der Waals surface area contributed by atoms with E-state index >= 15 is 0 Å². The molecular formula is C17H23NS. The molecule has 2 heteroatoms. The highest BCUT2D eigenvalue weighted by Crippen LogP contribution is 2.26. The summed E-state index contributed by atoms with van der Waals surface area (Å²) < 4.78 is 0. The van der Waals surface area contributed by atoms with Crippen molar-refractivity contribution in [3.05, 3.63) is 57.8 Å². The molecule has 2 rings (SSSR count). The zero-order valence-electron chi connectivity index (χ0n) is 11.9. The number of hydrogen-bond donors (Lipinski definition) is 1. The van der Waals surface area contributed by atoms with E-state index in [2.05, 4.69) is 60.9 Å². The third-order valence-corrected chi connectivity index (χ3v) is 4.19. The largest absolute Gasteiger partial charge is 0.306 e. The number of aryl methyl sites for hydroxylation is 1. The number of nitrogens with one attached hydrogen (secondary N) is 1. The van der Waals surface area contributed by atoms with Gasteiger partial charge in [0.2, 0.25) is 0 Å². The fraction of sp³-hybridized carbons (Fsp3) is 0.412. The SMILES string of the molecule is CCCNC(c1cccc(CCC)c1)c1cccs1. The standard InChI is InChI=1S/C17H23NS/c1-3-7-14-8-5-9-15(13-14)17(18-11-4-2)16-10-6-12-19-16/h5-6,8-10,12-13,17-18H,3-4,7,11H2,1-2H3. The lowest BCUT2D eigenvalue weighted by atomic mass is 10.0. The van der Waals surface area contributed by atoms with Crippen LogP contribution in [0.15, 0.2) is 41.8 Å². The van der Waals surface area contributed by atoms with Crippen LogP contribution in [0, 0.1) is 0 Å². The second-order valence-corrected chi connectivity index (χ2v) is 5.88. The van der Waals surface area contributed by atoms with Crippen LogP contribution in [0.5, 0.6) is 0 Å². The Hall–Kier alpha value is -1.12. The molecule has 0 aliphatic rings. The maximum atomic E-state index is 3.67. The maximum Gasteiger partial charge on any atom is 0.0671 e. The molecule has 0 aliphatic carbocycles. The topological polar surface area (TPSA) is 12.0 Å². The fourth-order valence-corrected chi connectivity index (χ4v) is 3.17. The molecule has 0 saturated heterocycles. The molecule has 19 heavy (non-hydrogen) atoms. The van der Waals surface area contributed by atoms with Crippen molar-refractivity contribution in [3.63, 3.8) is 0 Å². The second-order valence-electron chi connectivity index (χ2n) is 4.90. The molecule has 1 atom stereocenters. The van der Waals surface area contributed by atoms with Gasteiger partial charge in [0.1, 0.15) is 0 Å². The molecule has 1 nitrogen and oxygen atoms in total. The number of hydrogen-bond acceptors (Lipinski definition) is 2. The van der Waals surface area contributed by atoms with E-state index in [0.717, 1.165) is 13.0 Å². The molecule has 0 amide bonds. The van der Waals surface area contributed by atoms with Crippen LogP contribution in [0.1, 0.15) is 48.7 Å². The third-order valence-electron chi connectivity index (χ3n) is 3.25. The quantitative estimate of drug-likeness (QED) is 0.765. The Morgan fingerprint density at radius 1 is 1.11 bits per heavy atom. The van der Waals surface area contributed by atoms with Crippen molar-refractivity contribution in [3.8, 4) is 0 Å². The van der Waals surface area contributed by atoms with Gasteiger partial charge in [-0.3, -0.25) is 0 Å². The summed E-state index contributed by atoms with van der Waals surface area (Å²) in [5, 5.41) is 5.83. The van der Waals surface area contributed by atoms with Gasteiger partial charge in [0.25, 0.3) is 0 Å². The third kappa shape index (κ3) is 3.92. The average molecular weight is 273 g/mol. The summed E-state index contributed by atoms with van der Waals surface area (Å²) in [5.74, 6) is 0. The van der Waals surface area contributed by atoms with Crippen LogP contribution in [-0.4, -0.2) is 6.54 Å². The van der Waals surface area contributed by atoms with Gasteiger partial charge in [0, 0.05) is 4.88 Å². The first kappa shape index (κ1) is 14.3. The molecule has 102 valence electrons. The molecule has 0 aliphatic heterocycles. The van der Waals surface area contributed by atoms with Gasteiger partial charge in [0.05, 0.1) is 6.04 Å². The van der Waals surface area contributed by atoms with Crippen molar-refractivity contribution in [1.82, 2.24) is 5.32 Å². The fourth-order valence-electron chi connectivity index (χ4n) is 2.34. The Morgan fingerprint density at radius 2 is 2.00 bits per heavy atom. The second kappa shape index (κ2) is 7.46. The van der Waals surface area contributed by atoms with Crippen molar-refractivity contribution in [2.45, 2.75) is 39.2 Å². The van der Waals surface area contributed by atoms with Crippen LogP contribution in [0.4, 0.5) is 0 Å². The Kier molecular flexibility index (Phi) is 5.62. The van der Waals surface area contributed by atoms with Gasteiger partial charge in [-0.25, -0.2) is 0 Å². The van der Waals surface area contributed by atoms with Gasteiger partial charge < -0.3 is 5.32 Å². The van der Waals surface area contributed by atoms with Gasteiger partial charge in [-0.1, -0.05) is 50.6 Å². The highest BCUT2D eigenvalue weighted by Gasteiger charge is 2.14. The molecule has 0 bridgehead atoms. The van der Waals surface area contributed by atoms with Gasteiger partial charge in [-0.05, 0) is 42.0 Å². The van der Waals surface area contributed by atoms with Crippen LogP contribution < -0.4 is 5.32 Å². The minimum Gasteiger partial charge on any atom is -0.306 e. The summed E-state index contributed by atoms with van der Waals surface area (Å²) in [4.78, 5) is 1.40. The van der Waals surface area contributed by atoms with Crippen molar-refractivity contribution >= 4 is 11.3 Å². The van der Waals surface area contributed by atoms with E-state index < -0.39 is 0 Å². The molecule has 1 aromatic carbocycles. The Bertz CT molecular complexity index is 476. The predicted molar refractivity (Wildman–Crippen MR) is 84.9 cm³/mol. The zero-order valence-corrected chi connectivity index (χ0v) is 12.7. The van der Waals surface area contributed by atoms with E-state index in [-0.39, 0.29) is 0 Å². The summed E-state index contributed by atoms with van der Waals surface area (Å²) in [6, 6.07) is 13.7. The van der Waals surface area contributed by atoms with E-state index in [1.165, 1.54) is 28.8 Å². The van der Waals surface area contributed by atoms with E-state index in [4.69, 9.17) is 0 Å². The highest BCUT2D eigenvalue weighted by atomic mass is 32.1. The normalized spacial score (nSPS) is 12.5. The van der Waals surface area contributed by atoms with Crippen LogP contribution in [0.2, 0.25) is 0 Å². The minimum atomic E-state index is 0.344. The molecule has 2 aromatic rings. The van der Waals surface area contributed by atoms with Crippen molar-refractivity contribution in [2.24, 2.45) is 0 Å². The molecule has 1 unspecified atom stereocenters. The summed E-state index contributed by atoms with van der Waals surface area (Å²) in [6.45, 7) is 5.51. The lowest BCUT2D eigenvalue weighted by molar-refractivity contribution is 0.605. The van der Waals surface area contributed by atoms with Gasteiger partial charge in [-0.15, -0.1) is 11.3 Å². The molecule has 0 fully saturated rings. The zero-order chi connectivity index (χ0) is 13.5. The summed E-state index contributed by atoms with van der Waals surface area (Å²) in [7, 11) is 0. The molecule has 1 heterocycles. The van der Waals surface area contributed by atoms with E-state index in [1.54, 1.807) is 0 Å². The van der Waals surface area contributed by atoms with Gasteiger partial charge in [-0.2, -0.15) is 0 Å². The van der Waals surface area contributed by atoms with E-state index in [1.807, 2.05) is 11.3 Å². The van der Waals surface area contributed by atoms with Crippen molar-refractivity contribution < 1.29 is 0 Å². The maximum absolute atomic E-state index is 3.67. The Morgan fingerprint density at radius 3 is 2.68 bits per heavy atom. The first-order chi connectivity index (χ1) is 9.35. The first-order valence-corrected chi connectivity index (χ1v) is 8.08. The Labute approximate surface area is 120 Å². The summed E-state index contributed by atoms with van der Waals surface area (Å²) in [6.07, 6.45) is 3.53. The van der Waals surface area contributed by atoms with Crippen LogP contribution in [0.25, 0.3) is 0 Å². The van der Waals surface area contributed by atoms with Crippen molar-refractivity contribution in [2.75, 3.05) is 6.54 Å². The molecule has 1 N–H and O–H groups in total. The van der Waals surface area contributed by atoms with Crippen molar-refractivity contribution in [1.29, 1.82) is 0 Å². The summed E-state index contributed by atoms with van der Waals surface area (Å²) >= 11 is 1.83. The first-order valence-electron chi connectivity index (χ1n) is 7.20. The number of benzene rings is 1. The Balaban J connectivity index is 2.24. The lowest BCUT2D eigenvalue weighted by Gasteiger charge is -2.18. The van der Waals surface area contributed by atoms with Crippen LogP contribution in [0.3, 0.4) is 0 Å². The van der Waals surface area contributed by atoms with E-state index in [0.29, 0.717) is 6.04 Å². The average Bonchev–Trinajstić information content (AvgIpc) is 2.94. The van der Waals surface area contributed by atoms with E-state index in [9.17, 15) is 0 Å². The number of rotatable bonds is 7. The highest BCUT2D eigenvalue weighted by molar-refractivity contribution is 7.10. The predicted octanol–water partition coefficient (Wildman–Crippen LogP) is 4.79. The smallest absolute Gasteiger partial charge is 0.0671 e. The molecular weight excluding hydrogens is 250 g/mol. The summed E-state index contributed by atoms with van der Waals surface area (Å²) in [5.41, 5.74) is 2.83. The van der Waals surface area contributed by atoms with Gasteiger partial charge in [0.15, 0.2) is 0 Å². The number of thiophene rings is 1. The molecule has 0 saturated carbocycles. The molecule has 0 radical (unpaired) electrons. The van der Waals surface area contributed by atoms with Gasteiger partial charge >= 0.3 is 0 Å². The minimum absolute atomic E-state index is 0.344. The molecule has 1 aromatic heterocycles. The monoisotopic (exact) mass is 273 g/mol. The lowest BCUT2D eigenvalue weighted by Crippen LogP contribution is -2.22.